The first kappa shape index (κ1) is 12.5. The fourth-order valence-electron chi connectivity index (χ4n) is 1.71. The smallest absolute Gasteiger partial charge is 0.341 e. The fourth-order valence-corrected chi connectivity index (χ4v) is 1.71. The van der Waals surface area contributed by atoms with E-state index in [0.29, 0.717) is 6.54 Å². The van der Waals surface area contributed by atoms with Crippen molar-refractivity contribution in [1.82, 2.24) is 5.01 Å². The Morgan fingerprint density at radius 3 is 3.06 bits per heavy atom. The number of carbonyl (C=O) groups excluding carboxylic acids is 1. The minimum atomic E-state index is -0.629. The minimum Gasteiger partial charge on any atom is -0.460 e. The first-order valence-corrected chi connectivity index (χ1v) is 5.87. The van der Waals surface area contributed by atoms with Gasteiger partial charge in [0.25, 0.3) is 0 Å². The highest BCUT2D eigenvalue weighted by Crippen LogP contribution is 2.11. The lowest BCUT2D eigenvalue weighted by Crippen LogP contribution is -2.22. The zero-order valence-electron chi connectivity index (χ0n) is 10.2. The van der Waals surface area contributed by atoms with Gasteiger partial charge in [0.2, 0.25) is 0 Å². The lowest BCUT2D eigenvalue weighted by Gasteiger charge is -2.13. The van der Waals surface area contributed by atoms with Gasteiger partial charge in [-0.25, -0.2) is 9.18 Å². The van der Waals surface area contributed by atoms with Gasteiger partial charge in [0.1, 0.15) is 12.4 Å². The highest BCUT2D eigenvalue weighted by atomic mass is 19.1. The molecule has 96 valence electrons. The Morgan fingerprint density at radius 2 is 2.39 bits per heavy atom. The van der Waals surface area contributed by atoms with Crippen molar-refractivity contribution < 1.29 is 13.9 Å². The molecule has 0 amide bonds. The number of nitrogens with zero attached hydrogens (tertiary/aromatic N) is 2. The molecule has 0 N–H and O–H groups in total. The molecule has 1 aliphatic rings. The van der Waals surface area contributed by atoms with Gasteiger partial charge in [0.05, 0.1) is 12.1 Å². The second-order valence-electron chi connectivity index (χ2n) is 4.16. The molecule has 2 rings (SSSR count). The molecule has 1 aromatic carbocycles. The fraction of sp³-hybridized carbons (Fsp3) is 0.385. The molecular weight excluding hydrogens is 235 g/mol. The molecule has 5 heteroatoms. The first-order chi connectivity index (χ1) is 8.66. The predicted molar refractivity (Wildman–Crippen MR) is 66.1 cm³/mol. The maximum atomic E-state index is 13.5. The number of hydrogen-bond acceptors (Lipinski definition) is 4. The van der Waals surface area contributed by atoms with Crippen molar-refractivity contribution in [3.8, 4) is 0 Å². The monoisotopic (exact) mass is 250 g/mol. The van der Waals surface area contributed by atoms with E-state index in [1.54, 1.807) is 13.0 Å². The van der Waals surface area contributed by atoms with E-state index in [-0.39, 0.29) is 12.2 Å². The first-order valence-electron chi connectivity index (χ1n) is 5.87. The molecule has 0 saturated heterocycles. The van der Waals surface area contributed by atoms with E-state index in [1.807, 2.05) is 11.2 Å². The van der Waals surface area contributed by atoms with Gasteiger partial charge in [-0.05, 0) is 24.6 Å². The SMILES string of the molecule is Cc1ccc(C(=O)OCCN2CCC=N2)c(F)c1. The van der Waals surface area contributed by atoms with Gasteiger partial charge in [-0.2, -0.15) is 5.10 Å². The van der Waals surface area contributed by atoms with E-state index >= 15 is 0 Å². The topological polar surface area (TPSA) is 41.9 Å². The number of hydrazone groups is 1. The molecule has 1 aliphatic heterocycles. The van der Waals surface area contributed by atoms with Crippen molar-refractivity contribution in [2.75, 3.05) is 19.7 Å². The van der Waals surface area contributed by atoms with Crippen LogP contribution in [-0.2, 0) is 4.74 Å². The van der Waals surface area contributed by atoms with Crippen LogP contribution in [0.15, 0.2) is 23.3 Å². The number of rotatable bonds is 4. The number of ether oxygens (including phenoxy) is 1. The average Bonchev–Trinajstić information content (AvgIpc) is 2.81. The van der Waals surface area contributed by atoms with Gasteiger partial charge in [0, 0.05) is 19.2 Å². The van der Waals surface area contributed by atoms with Crippen LogP contribution in [0.2, 0.25) is 0 Å². The second-order valence-corrected chi connectivity index (χ2v) is 4.16. The summed E-state index contributed by atoms with van der Waals surface area (Å²) in [6.07, 6.45) is 2.74. The van der Waals surface area contributed by atoms with Crippen LogP contribution in [0.25, 0.3) is 0 Å². The predicted octanol–water partition coefficient (Wildman–Crippen LogP) is 1.98. The molecule has 0 aromatic heterocycles. The highest BCUT2D eigenvalue weighted by Gasteiger charge is 2.13. The summed E-state index contributed by atoms with van der Waals surface area (Å²) >= 11 is 0. The molecule has 1 aromatic rings. The molecule has 4 nitrogen and oxygen atoms in total. The Balaban J connectivity index is 1.85. The summed E-state index contributed by atoms with van der Waals surface area (Å²) in [6, 6.07) is 4.45. The number of benzene rings is 1. The van der Waals surface area contributed by atoms with Crippen LogP contribution < -0.4 is 0 Å². The van der Waals surface area contributed by atoms with Crippen LogP contribution in [0, 0.1) is 12.7 Å². The highest BCUT2D eigenvalue weighted by molar-refractivity contribution is 5.89. The molecule has 1 heterocycles. The molecule has 0 aliphatic carbocycles. The van der Waals surface area contributed by atoms with Crippen LogP contribution in [0.5, 0.6) is 0 Å². The van der Waals surface area contributed by atoms with E-state index in [4.69, 9.17) is 4.74 Å². The standard InChI is InChI=1S/C13H15FN2O2/c1-10-3-4-11(12(14)9-10)13(17)18-8-7-16-6-2-5-15-16/h3-5,9H,2,6-8H2,1H3. The number of hydrogen-bond donors (Lipinski definition) is 0. The lowest BCUT2D eigenvalue weighted by atomic mass is 10.1. The third-order valence-electron chi connectivity index (χ3n) is 2.69. The van der Waals surface area contributed by atoms with Crippen molar-refractivity contribution >= 4 is 12.2 Å². The molecule has 0 unspecified atom stereocenters. The summed E-state index contributed by atoms with van der Waals surface area (Å²) in [5, 5.41) is 5.90. The summed E-state index contributed by atoms with van der Waals surface area (Å²) in [5.74, 6) is -1.17. The van der Waals surface area contributed by atoms with Crippen molar-refractivity contribution in [2.45, 2.75) is 13.3 Å². The molecule has 0 bridgehead atoms. The summed E-state index contributed by atoms with van der Waals surface area (Å²) in [5.41, 5.74) is 0.751. The van der Waals surface area contributed by atoms with Crippen LogP contribution in [0.1, 0.15) is 22.3 Å². The minimum absolute atomic E-state index is 0.0227. The van der Waals surface area contributed by atoms with Crippen LogP contribution in [-0.4, -0.2) is 36.9 Å². The molecule has 18 heavy (non-hydrogen) atoms. The van der Waals surface area contributed by atoms with Gasteiger partial charge in [-0.1, -0.05) is 6.07 Å². The summed E-state index contributed by atoms with van der Waals surface area (Å²) < 4.78 is 18.5. The van der Waals surface area contributed by atoms with E-state index in [1.165, 1.54) is 12.1 Å². The molecule has 0 fully saturated rings. The molecule has 0 saturated carbocycles. The zero-order valence-corrected chi connectivity index (χ0v) is 10.2. The van der Waals surface area contributed by atoms with Crippen molar-refractivity contribution in [1.29, 1.82) is 0 Å². The summed E-state index contributed by atoms with van der Waals surface area (Å²) in [4.78, 5) is 11.6. The lowest BCUT2D eigenvalue weighted by molar-refractivity contribution is 0.0463. The molecule has 0 atom stereocenters. The Hall–Kier alpha value is -1.91. The van der Waals surface area contributed by atoms with Crippen LogP contribution >= 0.6 is 0 Å². The van der Waals surface area contributed by atoms with Crippen molar-refractivity contribution in [3.63, 3.8) is 0 Å². The van der Waals surface area contributed by atoms with E-state index in [2.05, 4.69) is 5.10 Å². The number of esters is 1. The summed E-state index contributed by atoms with van der Waals surface area (Å²) in [6.45, 7) is 3.36. The average molecular weight is 250 g/mol. The van der Waals surface area contributed by atoms with Gasteiger partial charge in [-0.15, -0.1) is 0 Å². The van der Waals surface area contributed by atoms with Crippen LogP contribution in [0.3, 0.4) is 0 Å². The summed E-state index contributed by atoms with van der Waals surface area (Å²) in [7, 11) is 0. The Labute approximate surface area is 105 Å². The maximum absolute atomic E-state index is 13.5. The molecular formula is C13H15FN2O2. The van der Waals surface area contributed by atoms with Crippen LogP contribution in [0.4, 0.5) is 4.39 Å². The quantitative estimate of drug-likeness (QED) is 0.767. The molecule has 0 radical (unpaired) electrons. The normalized spacial score (nSPS) is 14.0. The zero-order chi connectivity index (χ0) is 13.0. The van der Waals surface area contributed by atoms with Crippen molar-refractivity contribution in [3.05, 3.63) is 35.1 Å². The van der Waals surface area contributed by atoms with Gasteiger partial charge in [0.15, 0.2) is 0 Å². The Kier molecular flexibility index (Phi) is 3.92. The van der Waals surface area contributed by atoms with Crippen molar-refractivity contribution in [2.24, 2.45) is 5.10 Å². The van der Waals surface area contributed by atoms with Gasteiger partial charge in [-0.3, -0.25) is 5.01 Å². The second kappa shape index (κ2) is 5.62. The Morgan fingerprint density at radius 1 is 1.56 bits per heavy atom. The Bertz CT molecular complexity index is 474. The number of carbonyl (C=O) groups is 1. The number of halogens is 1. The third kappa shape index (κ3) is 3.06. The van der Waals surface area contributed by atoms with E-state index in [9.17, 15) is 9.18 Å². The largest absolute Gasteiger partial charge is 0.460 e. The maximum Gasteiger partial charge on any atom is 0.341 e. The van der Waals surface area contributed by atoms with E-state index < -0.39 is 11.8 Å². The number of aryl methyl sites for hydroxylation is 1. The van der Waals surface area contributed by atoms with Gasteiger partial charge >= 0.3 is 5.97 Å². The third-order valence-corrected chi connectivity index (χ3v) is 2.69. The van der Waals surface area contributed by atoms with E-state index in [0.717, 1.165) is 18.5 Å². The molecule has 0 spiro atoms. The van der Waals surface area contributed by atoms with Gasteiger partial charge < -0.3 is 4.74 Å².